The van der Waals surface area contributed by atoms with Crippen LogP contribution in [0.5, 0.6) is 0 Å². The van der Waals surface area contributed by atoms with Crippen molar-refractivity contribution in [1.29, 1.82) is 0 Å². The van der Waals surface area contributed by atoms with E-state index in [1.165, 1.54) is 11.0 Å². The highest BCUT2D eigenvalue weighted by Crippen LogP contribution is 2.24. The van der Waals surface area contributed by atoms with Crippen LogP contribution in [0.3, 0.4) is 0 Å². The molecule has 0 aliphatic rings. The molecule has 4 nitrogen and oxygen atoms in total. The smallest absolute Gasteiger partial charge is 0.242 e. The summed E-state index contributed by atoms with van der Waals surface area (Å²) in [7, 11) is 0. The molecule has 0 unspecified atom stereocenters. The van der Waals surface area contributed by atoms with Crippen molar-refractivity contribution in [2.24, 2.45) is 0 Å². The number of nitrogens with one attached hydrogen (secondary N) is 1. The van der Waals surface area contributed by atoms with Gasteiger partial charge in [0.2, 0.25) is 11.8 Å². The van der Waals surface area contributed by atoms with Crippen molar-refractivity contribution < 1.29 is 14.0 Å². The molecule has 2 aromatic rings. The summed E-state index contributed by atoms with van der Waals surface area (Å²) in [5.74, 6) is -1.07. The second kappa shape index (κ2) is 10.6. The molecule has 0 radical (unpaired) electrons. The van der Waals surface area contributed by atoms with Crippen LogP contribution in [-0.4, -0.2) is 28.8 Å². The predicted octanol–water partition coefficient (Wildman–Crippen LogP) is 5.01. The number of nitrogens with zero attached hydrogens (tertiary/aromatic N) is 1. The molecule has 0 aromatic heterocycles. The number of hydrogen-bond donors (Lipinski definition) is 1. The largest absolute Gasteiger partial charge is 0.352 e. The van der Waals surface area contributed by atoms with Gasteiger partial charge in [0, 0.05) is 12.6 Å². The van der Waals surface area contributed by atoms with Crippen LogP contribution in [0.15, 0.2) is 42.5 Å². The molecule has 0 aliphatic carbocycles. The fourth-order valence-corrected chi connectivity index (χ4v) is 3.11. The summed E-state index contributed by atoms with van der Waals surface area (Å²) in [5.41, 5.74) is 1.01. The fourth-order valence-electron chi connectivity index (χ4n) is 2.79. The van der Waals surface area contributed by atoms with Crippen LogP contribution in [0.1, 0.15) is 38.3 Å². The maximum Gasteiger partial charge on any atom is 0.242 e. The molecule has 0 saturated carbocycles. The van der Waals surface area contributed by atoms with Crippen LogP contribution < -0.4 is 5.32 Å². The topological polar surface area (TPSA) is 49.4 Å². The van der Waals surface area contributed by atoms with Gasteiger partial charge in [0.15, 0.2) is 0 Å². The Bertz CT molecular complexity index is 876. The predicted molar refractivity (Wildman–Crippen MR) is 114 cm³/mol. The van der Waals surface area contributed by atoms with Gasteiger partial charge in [-0.1, -0.05) is 54.4 Å². The Balaban J connectivity index is 2.28. The highest BCUT2D eigenvalue weighted by atomic mass is 35.5. The van der Waals surface area contributed by atoms with Crippen LogP contribution in [0.25, 0.3) is 0 Å². The van der Waals surface area contributed by atoms with Crippen LogP contribution >= 0.6 is 23.2 Å². The Kier molecular flexibility index (Phi) is 8.47. The van der Waals surface area contributed by atoms with Crippen molar-refractivity contribution in [2.75, 3.05) is 0 Å². The van der Waals surface area contributed by atoms with E-state index in [0.29, 0.717) is 10.0 Å². The van der Waals surface area contributed by atoms with Gasteiger partial charge in [-0.05, 0) is 49.6 Å². The lowest BCUT2D eigenvalue weighted by Gasteiger charge is -2.30. The van der Waals surface area contributed by atoms with Gasteiger partial charge in [-0.3, -0.25) is 9.59 Å². The van der Waals surface area contributed by atoms with E-state index in [-0.39, 0.29) is 36.4 Å². The van der Waals surface area contributed by atoms with E-state index < -0.39 is 11.9 Å². The standard InChI is InChI=1S/C22H25Cl2FN2O2/c1-4-14(2)26-22(29)15(3)27(13-16-9-10-18(23)19(24)11-16)21(28)12-17-7-5-6-8-20(17)25/h5-11,14-15H,4,12-13H2,1-3H3,(H,26,29)/t14-,15+/m0/s1. The van der Waals surface area contributed by atoms with Gasteiger partial charge in [0.25, 0.3) is 0 Å². The molecule has 29 heavy (non-hydrogen) atoms. The molecule has 0 heterocycles. The Morgan fingerprint density at radius 1 is 1.10 bits per heavy atom. The summed E-state index contributed by atoms with van der Waals surface area (Å²) in [5, 5.41) is 3.66. The zero-order chi connectivity index (χ0) is 21.6. The van der Waals surface area contributed by atoms with Gasteiger partial charge in [-0.15, -0.1) is 0 Å². The summed E-state index contributed by atoms with van der Waals surface area (Å²) >= 11 is 12.1. The molecule has 156 valence electrons. The van der Waals surface area contributed by atoms with E-state index in [1.807, 2.05) is 13.8 Å². The van der Waals surface area contributed by atoms with Crippen molar-refractivity contribution >= 4 is 35.0 Å². The average Bonchev–Trinajstić information content (AvgIpc) is 2.69. The van der Waals surface area contributed by atoms with Crippen molar-refractivity contribution in [3.8, 4) is 0 Å². The second-order valence-corrected chi connectivity index (χ2v) is 7.85. The molecule has 2 amide bonds. The monoisotopic (exact) mass is 438 g/mol. The Hall–Kier alpha value is -2.11. The summed E-state index contributed by atoms with van der Waals surface area (Å²) in [6.07, 6.45) is 0.628. The van der Waals surface area contributed by atoms with Crippen LogP contribution in [0, 0.1) is 5.82 Å². The third-order valence-corrected chi connectivity index (χ3v) is 5.54. The van der Waals surface area contributed by atoms with Crippen LogP contribution in [0.4, 0.5) is 4.39 Å². The van der Waals surface area contributed by atoms with Gasteiger partial charge in [-0.2, -0.15) is 0 Å². The fraction of sp³-hybridized carbons (Fsp3) is 0.364. The van der Waals surface area contributed by atoms with E-state index in [1.54, 1.807) is 43.3 Å². The van der Waals surface area contributed by atoms with Crippen LogP contribution in [-0.2, 0) is 22.6 Å². The van der Waals surface area contributed by atoms with E-state index >= 15 is 0 Å². The number of rotatable bonds is 8. The highest BCUT2D eigenvalue weighted by molar-refractivity contribution is 6.42. The van der Waals surface area contributed by atoms with Crippen molar-refractivity contribution in [3.05, 3.63) is 69.5 Å². The molecule has 2 atom stereocenters. The van der Waals surface area contributed by atoms with Crippen LogP contribution in [0.2, 0.25) is 10.0 Å². The van der Waals surface area contributed by atoms with Gasteiger partial charge in [-0.25, -0.2) is 4.39 Å². The van der Waals surface area contributed by atoms with E-state index in [9.17, 15) is 14.0 Å². The van der Waals surface area contributed by atoms with E-state index in [0.717, 1.165) is 12.0 Å². The summed E-state index contributed by atoms with van der Waals surface area (Å²) in [6.45, 7) is 5.68. The number of hydrogen-bond acceptors (Lipinski definition) is 2. The Morgan fingerprint density at radius 3 is 2.41 bits per heavy atom. The molecule has 0 aliphatic heterocycles. The number of amides is 2. The number of carbonyl (C=O) groups is 2. The lowest BCUT2D eigenvalue weighted by Crippen LogP contribution is -2.50. The molecule has 0 saturated heterocycles. The van der Waals surface area contributed by atoms with Gasteiger partial charge in [0.05, 0.1) is 16.5 Å². The van der Waals surface area contributed by atoms with Crippen molar-refractivity contribution in [3.63, 3.8) is 0 Å². The number of carbonyl (C=O) groups excluding carboxylic acids is 2. The minimum absolute atomic E-state index is 0.0153. The molecule has 0 spiro atoms. The first-order valence-electron chi connectivity index (χ1n) is 9.50. The molecule has 2 aromatic carbocycles. The Morgan fingerprint density at radius 2 is 1.79 bits per heavy atom. The molecule has 0 fully saturated rings. The second-order valence-electron chi connectivity index (χ2n) is 7.03. The first kappa shape index (κ1) is 23.2. The molecular formula is C22H25Cl2FN2O2. The zero-order valence-corrected chi connectivity index (χ0v) is 18.2. The quantitative estimate of drug-likeness (QED) is 0.629. The lowest BCUT2D eigenvalue weighted by atomic mass is 10.1. The third-order valence-electron chi connectivity index (χ3n) is 4.80. The summed E-state index contributed by atoms with van der Waals surface area (Å²) in [4.78, 5) is 27.1. The SMILES string of the molecule is CC[C@H](C)NC(=O)[C@@H](C)N(Cc1ccc(Cl)c(Cl)c1)C(=O)Cc1ccccc1F. The van der Waals surface area contributed by atoms with Gasteiger partial charge in [0.1, 0.15) is 11.9 Å². The maximum absolute atomic E-state index is 14.0. The molecule has 2 rings (SSSR count). The van der Waals surface area contributed by atoms with Gasteiger partial charge < -0.3 is 10.2 Å². The minimum atomic E-state index is -0.738. The third kappa shape index (κ3) is 6.44. The van der Waals surface area contributed by atoms with E-state index in [4.69, 9.17) is 23.2 Å². The average molecular weight is 439 g/mol. The van der Waals surface area contributed by atoms with Crippen molar-refractivity contribution in [2.45, 2.75) is 52.2 Å². The molecule has 0 bridgehead atoms. The Labute approximate surface area is 181 Å². The minimum Gasteiger partial charge on any atom is -0.352 e. The first-order valence-corrected chi connectivity index (χ1v) is 10.3. The number of benzene rings is 2. The molecular weight excluding hydrogens is 414 g/mol. The molecule has 1 N–H and O–H groups in total. The lowest BCUT2D eigenvalue weighted by molar-refractivity contribution is -0.140. The highest BCUT2D eigenvalue weighted by Gasteiger charge is 2.27. The number of halogens is 3. The summed E-state index contributed by atoms with van der Waals surface area (Å²) < 4.78 is 14.0. The van der Waals surface area contributed by atoms with Crippen molar-refractivity contribution in [1.82, 2.24) is 10.2 Å². The first-order chi connectivity index (χ1) is 13.7. The normalized spacial score (nSPS) is 12.9. The van der Waals surface area contributed by atoms with Gasteiger partial charge >= 0.3 is 0 Å². The summed E-state index contributed by atoms with van der Waals surface area (Å²) in [6, 6.07) is 10.4. The molecule has 7 heteroatoms. The zero-order valence-electron chi connectivity index (χ0n) is 16.7. The van der Waals surface area contributed by atoms with E-state index in [2.05, 4.69) is 5.32 Å². The maximum atomic E-state index is 14.0.